The number of nitrogens with zero attached hydrogens (tertiary/aromatic N) is 2. The number of benzene rings is 1. The largest absolute Gasteiger partial charge is 0.462 e. The zero-order valence-electron chi connectivity index (χ0n) is 15.8. The molecule has 0 amide bonds. The molecule has 2 heterocycles. The quantitative estimate of drug-likeness (QED) is 0.631. The van der Waals surface area contributed by atoms with Crippen molar-refractivity contribution in [1.82, 2.24) is 9.88 Å². The van der Waals surface area contributed by atoms with Gasteiger partial charge in [-0.1, -0.05) is 0 Å². The Kier molecular flexibility index (Phi) is 4.55. The number of piperazine rings is 1. The van der Waals surface area contributed by atoms with E-state index in [1.54, 1.807) is 19.2 Å². The minimum absolute atomic E-state index is 0.0826. The lowest BCUT2D eigenvalue weighted by molar-refractivity contribution is 0.0524. The summed E-state index contributed by atoms with van der Waals surface area (Å²) in [4.78, 5) is 27.5. The standard InChI is InChI=1S/C20H26N4O3/c1-3-27-20(26)15-11-24(13-4-5-13)17-9-18(16(21)8-14(17)19(15)25)23-7-6-22-12(2)10-23/h8-9,11-13,22H,3-7,10,21H2,1-2H3. The van der Waals surface area contributed by atoms with E-state index in [9.17, 15) is 9.59 Å². The van der Waals surface area contributed by atoms with Gasteiger partial charge in [-0.05, 0) is 38.8 Å². The molecular formula is C20H26N4O3. The van der Waals surface area contributed by atoms with Crippen molar-refractivity contribution in [3.63, 3.8) is 0 Å². The number of hydrogen-bond acceptors (Lipinski definition) is 6. The molecule has 1 aromatic carbocycles. The lowest BCUT2D eigenvalue weighted by atomic mass is 10.1. The fourth-order valence-electron chi connectivity index (χ4n) is 3.84. The fraction of sp³-hybridized carbons (Fsp3) is 0.500. The van der Waals surface area contributed by atoms with Gasteiger partial charge in [-0.25, -0.2) is 4.79 Å². The molecule has 0 radical (unpaired) electrons. The molecule has 1 saturated heterocycles. The third kappa shape index (κ3) is 3.27. The molecule has 1 atom stereocenters. The molecule has 4 rings (SSSR count). The van der Waals surface area contributed by atoms with E-state index in [0.29, 0.717) is 23.2 Å². The van der Waals surface area contributed by atoms with Crippen LogP contribution in [0.25, 0.3) is 10.9 Å². The Morgan fingerprint density at radius 2 is 2.15 bits per heavy atom. The second-order valence-electron chi connectivity index (χ2n) is 7.46. The highest BCUT2D eigenvalue weighted by Gasteiger charge is 2.28. The van der Waals surface area contributed by atoms with Crippen molar-refractivity contribution in [1.29, 1.82) is 0 Å². The molecule has 144 valence electrons. The Bertz CT molecular complexity index is 948. The third-order valence-corrected chi connectivity index (χ3v) is 5.33. The summed E-state index contributed by atoms with van der Waals surface area (Å²) in [6, 6.07) is 4.43. The minimum atomic E-state index is -0.572. The number of ether oxygens (including phenoxy) is 1. The summed E-state index contributed by atoms with van der Waals surface area (Å²) in [6.07, 6.45) is 3.76. The number of rotatable bonds is 4. The molecule has 1 aliphatic carbocycles. The summed E-state index contributed by atoms with van der Waals surface area (Å²) >= 11 is 0. The number of nitrogens with one attached hydrogen (secondary N) is 1. The fourth-order valence-corrected chi connectivity index (χ4v) is 3.84. The van der Waals surface area contributed by atoms with E-state index in [1.807, 2.05) is 6.07 Å². The first-order valence-corrected chi connectivity index (χ1v) is 9.63. The van der Waals surface area contributed by atoms with Crippen LogP contribution < -0.4 is 21.4 Å². The van der Waals surface area contributed by atoms with Crippen LogP contribution in [-0.2, 0) is 4.74 Å². The maximum atomic E-state index is 12.9. The number of esters is 1. The van der Waals surface area contributed by atoms with Gasteiger partial charge >= 0.3 is 5.97 Å². The van der Waals surface area contributed by atoms with Crippen molar-refractivity contribution in [2.75, 3.05) is 36.9 Å². The lowest BCUT2D eigenvalue weighted by Gasteiger charge is -2.34. The first kappa shape index (κ1) is 17.9. The maximum Gasteiger partial charge on any atom is 0.343 e. The smallest absolute Gasteiger partial charge is 0.343 e. The number of anilines is 2. The summed E-state index contributed by atoms with van der Waals surface area (Å²) in [5.41, 5.74) is 8.46. The highest BCUT2D eigenvalue weighted by Crippen LogP contribution is 2.38. The second-order valence-corrected chi connectivity index (χ2v) is 7.46. The van der Waals surface area contributed by atoms with Crippen molar-refractivity contribution in [2.24, 2.45) is 0 Å². The molecule has 0 spiro atoms. The Morgan fingerprint density at radius 3 is 2.81 bits per heavy atom. The molecule has 7 nitrogen and oxygen atoms in total. The molecule has 1 saturated carbocycles. The molecule has 2 fully saturated rings. The summed E-state index contributed by atoms with van der Waals surface area (Å²) in [5, 5.41) is 3.91. The van der Waals surface area contributed by atoms with Crippen LogP contribution in [-0.4, -0.2) is 42.8 Å². The van der Waals surface area contributed by atoms with E-state index in [-0.39, 0.29) is 17.6 Å². The molecule has 7 heteroatoms. The number of nitrogens with two attached hydrogens (primary N) is 1. The van der Waals surface area contributed by atoms with E-state index in [4.69, 9.17) is 10.5 Å². The van der Waals surface area contributed by atoms with Gasteiger partial charge in [0.1, 0.15) is 5.56 Å². The lowest BCUT2D eigenvalue weighted by Crippen LogP contribution is -2.49. The molecule has 1 aliphatic heterocycles. The summed E-state index contributed by atoms with van der Waals surface area (Å²) in [5.74, 6) is -0.572. The van der Waals surface area contributed by atoms with Crippen molar-refractivity contribution < 1.29 is 9.53 Å². The van der Waals surface area contributed by atoms with Crippen LogP contribution in [0.4, 0.5) is 11.4 Å². The predicted molar refractivity (Wildman–Crippen MR) is 107 cm³/mol. The van der Waals surface area contributed by atoms with Crippen LogP contribution in [0.3, 0.4) is 0 Å². The average Bonchev–Trinajstić information content (AvgIpc) is 3.47. The van der Waals surface area contributed by atoms with Crippen molar-refractivity contribution in [3.8, 4) is 0 Å². The normalized spacial score (nSPS) is 20.1. The van der Waals surface area contributed by atoms with Crippen LogP contribution in [0.5, 0.6) is 0 Å². The summed E-state index contributed by atoms with van der Waals surface area (Å²) in [6.45, 7) is 6.75. The molecule has 0 bridgehead atoms. The number of nitrogen functional groups attached to an aromatic ring is 1. The van der Waals surface area contributed by atoms with Gasteiger partial charge in [0, 0.05) is 43.3 Å². The number of pyridine rings is 1. The minimum Gasteiger partial charge on any atom is -0.462 e. The number of fused-ring (bicyclic) bond motifs is 1. The first-order valence-electron chi connectivity index (χ1n) is 9.63. The third-order valence-electron chi connectivity index (χ3n) is 5.33. The Balaban J connectivity index is 1.88. The topological polar surface area (TPSA) is 89.6 Å². The monoisotopic (exact) mass is 370 g/mol. The van der Waals surface area contributed by atoms with Crippen LogP contribution in [0.1, 0.15) is 43.1 Å². The van der Waals surface area contributed by atoms with Gasteiger partial charge in [0.05, 0.1) is 23.5 Å². The van der Waals surface area contributed by atoms with Crippen LogP contribution in [0, 0.1) is 0 Å². The van der Waals surface area contributed by atoms with Gasteiger partial charge in [0.25, 0.3) is 0 Å². The second kappa shape index (κ2) is 6.88. The van der Waals surface area contributed by atoms with Crippen molar-refractivity contribution in [2.45, 2.75) is 38.8 Å². The van der Waals surface area contributed by atoms with E-state index in [0.717, 1.165) is 43.7 Å². The highest BCUT2D eigenvalue weighted by molar-refractivity contribution is 5.96. The van der Waals surface area contributed by atoms with Crippen molar-refractivity contribution in [3.05, 3.63) is 34.1 Å². The Labute approximate surface area is 158 Å². The summed E-state index contributed by atoms with van der Waals surface area (Å²) in [7, 11) is 0. The van der Waals surface area contributed by atoms with Crippen molar-refractivity contribution >= 4 is 28.2 Å². The number of aromatic nitrogens is 1. The molecule has 1 aromatic heterocycles. The van der Waals surface area contributed by atoms with Crippen LogP contribution in [0.15, 0.2) is 23.1 Å². The zero-order valence-corrected chi connectivity index (χ0v) is 15.8. The predicted octanol–water partition coefficient (Wildman–Crippen LogP) is 1.89. The van der Waals surface area contributed by atoms with E-state index in [1.165, 1.54) is 0 Å². The Hall–Kier alpha value is -2.54. The maximum absolute atomic E-state index is 12.9. The van der Waals surface area contributed by atoms with E-state index < -0.39 is 5.97 Å². The molecular weight excluding hydrogens is 344 g/mol. The molecule has 3 N–H and O–H groups in total. The molecule has 1 unspecified atom stereocenters. The summed E-state index contributed by atoms with van der Waals surface area (Å²) < 4.78 is 7.13. The Morgan fingerprint density at radius 1 is 1.37 bits per heavy atom. The zero-order chi connectivity index (χ0) is 19.1. The number of carbonyl (C=O) groups is 1. The number of hydrogen-bond donors (Lipinski definition) is 2. The van der Waals surface area contributed by atoms with Gasteiger partial charge in [0.2, 0.25) is 5.43 Å². The van der Waals surface area contributed by atoms with Gasteiger partial charge in [0.15, 0.2) is 0 Å². The number of carbonyl (C=O) groups excluding carboxylic acids is 1. The first-order chi connectivity index (χ1) is 13.0. The SMILES string of the molecule is CCOC(=O)c1cn(C2CC2)c2cc(N3CCNC(C)C3)c(N)cc2c1=O. The van der Waals surface area contributed by atoms with Gasteiger partial charge in [-0.2, -0.15) is 0 Å². The van der Waals surface area contributed by atoms with Gasteiger partial charge in [-0.15, -0.1) is 0 Å². The van der Waals surface area contributed by atoms with Crippen LogP contribution in [0.2, 0.25) is 0 Å². The van der Waals surface area contributed by atoms with Gasteiger partial charge < -0.3 is 25.3 Å². The van der Waals surface area contributed by atoms with Crippen LogP contribution >= 0.6 is 0 Å². The van der Waals surface area contributed by atoms with Gasteiger partial charge in [-0.3, -0.25) is 4.79 Å². The molecule has 27 heavy (non-hydrogen) atoms. The average molecular weight is 370 g/mol. The molecule has 2 aliphatic rings. The highest BCUT2D eigenvalue weighted by atomic mass is 16.5. The van der Waals surface area contributed by atoms with E-state index in [2.05, 4.69) is 21.7 Å². The van der Waals surface area contributed by atoms with E-state index >= 15 is 0 Å². The molecule has 2 aromatic rings.